The molecule has 0 aliphatic carbocycles. The normalized spacial score (nSPS) is 11.5. The molecule has 66 valence electrons. The van der Waals surface area contributed by atoms with Crippen LogP contribution < -0.4 is 0 Å². The van der Waals surface area contributed by atoms with Crippen LogP contribution in [-0.2, 0) is 0 Å². The van der Waals surface area contributed by atoms with Crippen LogP contribution in [0.3, 0.4) is 0 Å². The Balaban J connectivity index is 3.93. The van der Waals surface area contributed by atoms with E-state index in [0.29, 0.717) is 0 Å². The van der Waals surface area contributed by atoms with E-state index in [2.05, 4.69) is 38.6 Å². The molecule has 0 heterocycles. The van der Waals surface area contributed by atoms with Crippen LogP contribution in [0.2, 0.25) is 18.1 Å². The molecule has 0 aliphatic heterocycles. The Bertz CT molecular complexity index is 99.9. The first kappa shape index (κ1) is 11.3. The van der Waals surface area contributed by atoms with E-state index in [1.807, 2.05) is 6.08 Å². The Morgan fingerprint density at radius 2 is 1.64 bits per heavy atom. The van der Waals surface area contributed by atoms with Crippen LogP contribution in [0.1, 0.15) is 20.8 Å². The molecule has 0 amide bonds. The second-order valence-corrected chi connectivity index (χ2v) is 11.4. The van der Waals surface area contributed by atoms with Crippen molar-refractivity contribution in [3.8, 4) is 0 Å². The number of hydrogen-bond donors (Lipinski definition) is 0. The van der Waals surface area contributed by atoms with Crippen LogP contribution in [-0.4, -0.2) is 13.0 Å². The lowest BCUT2D eigenvalue weighted by Gasteiger charge is -2.26. The van der Waals surface area contributed by atoms with Crippen molar-refractivity contribution in [1.82, 2.24) is 0 Å². The Hall–Kier alpha value is 0.307. The highest BCUT2D eigenvalue weighted by Gasteiger charge is 2.26. The van der Waals surface area contributed by atoms with Gasteiger partial charge in [0.1, 0.15) is 7.22 Å². The summed E-state index contributed by atoms with van der Waals surface area (Å²) in [5.41, 5.74) is 0. The summed E-state index contributed by atoms with van der Waals surface area (Å²) in [4.78, 5) is 0. The summed E-state index contributed by atoms with van der Waals surface area (Å²) >= 11 is 2.19. The van der Waals surface area contributed by atoms with Gasteiger partial charge in [-0.1, -0.05) is 45.0 Å². The van der Waals surface area contributed by atoms with Crippen LogP contribution in [0.5, 0.6) is 0 Å². The molecule has 0 radical (unpaired) electrons. The average Bonchev–Trinajstić information content (AvgIpc) is 2.08. The SMILES string of the molecule is C=CCS[Si](CC)(CC)CC. The minimum absolute atomic E-state index is 0.893. The molecule has 0 aliphatic rings. The van der Waals surface area contributed by atoms with Crippen molar-refractivity contribution in [3.63, 3.8) is 0 Å². The second-order valence-electron chi connectivity index (χ2n) is 2.84. The van der Waals surface area contributed by atoms with Gasteiger partial charge in [-0.05, 0) is 0 Å². The molecule has 0 unspecified atom stereocenters. The van der Waals surface area contributed by atoms with Gasteiger partial charge in [0.25, 0.3) is 0 Å². The molecule has 0 N–H and O–H groups in total. The summed E-state index contributed by atoms with van der Waals surface area (Å²) in [6.45, 7) is 10.8. The van der Waals surface area contributed by atoms with Gasteiger partial charge in [-0.15, -0.1) is 6.58 Å². The molecule has 0 aromatic heterocycles. The van der Waals surface area contributed by atoms with Crippen molar-refractivity contribution >= 4 is 18.4 Å². The predicted molar refractivity (Wildman–Crippen MR) is 59.9 cm³/mol. The third-order valence-electron chi connectivity index (χ3n) is 2.44. The number of hydrogen-bond acceptors (Lipinski definition) is 1. The van der Waals surface area contributed by atoms with Gasteiger partial charge in [0.05, 0.1) is 0 Å². The molecule has 0 spiro atoms. The van der Waals surface area contributed by atoms with E-state index in [9.17, 15) is 0 Å². The van der Waals surface area contributed by atoms with Crippen molar-refractivity contribution in [2.45, 2.75) is 38.9 Å². The quantitative estimate of drug-likeness (QED) is 0.450. The molecule has 2 heteroatoms. The monoisotopic (exact) mass is 188 g/mol. The maximum atomic E-state index is 3.77. The van der Waals surface area contributed by atoms with Gasteiger partial charge in [0, 0.05) is 5.75 Å². The van der Waals surface area contributed by atoms with Gasteiger partial charge >= 0.3 is 0 Å². The predicted octanol–water partition coefficient (Wildman–Crippen LogP) is 3.91. The largest absolute Gasteiger partial charge is 0.181 e. The molecule has 0 saturated heterocycles. The van der Waals surface area contributed by atoms with E-state index >= 15 is 0 Å². The summed E-state index contributed by atoms with van der Waals surface area (Å²) in [7, 11) is -0.893. The summed E-state index contributed by atoms with van der Waals surface area (Å²) in [6, 6.07) is 4.25. The highest BCUT2D eigenvalue weighted by atomic mass is 32.4. The zero-order valence-corrected chi connectivity index (χ0v) is 9.84. The summed E-state index contributed by atoms with van der Waals surface area (Å²) in [6.07, 6.45) is 2.04. The van der Waals surface area contributed by atoms with E-state index in [0.717, 1.165) is 5.75 Å². The Morgan fingerprint density at radius 3 is 1.91 bits per heavy atom. The molecule has 0 atom stereocenters. The standard InChI is InChI=1S/C9H20SSi/c1-5-9-10-11(6-2,7-3)8-4/h5H,1,6-9H2,2-4H3. The Labute approximate surface area is 76.1 Å². The van der Waals surface area contributed by atoms with Crippen molar-refractivity contribution in [3.05, 3.63) is 12.7 Å². The van der Waals surface area contributed by atoms with Gasteiger partial charge in [0.15, 0.2) is 0 Å². The highest BCUT2D eigenvalue weighted by Crippen LogP contribution is 2.32. The first-order chi connectivity index (χ1) is 5.24. The smallest absolute Gasteiger partial charge is 0.117 e. The van der Waals surface area contributed by atoms with Crippen molar-refractivity contribution < 1.29 is 0 Å². The van der Waals surface area contributed by atoms with Crippen LogP contribution in [0.15, 0.2) is 12.7 Å². The second kappa shape index (κ2) is 5.89. The van der Waals surface area contributed by atoms with Gasteiger partial charge < -0.3 is 0 Å². The molecule has 0 rings (SSSR count). The first-order valence-corrected chi connectivity index (χ1v) is 8.82. The maximum absolute atomic E-state index is 3.77. The van der Waals surface area contributed by atoms with Gasteiger partial charge in [-0.2, -0.15) is 11.2 Å². The van der Waals surface area contributed by atoms with Gasteiger partial charge in [-0.3, -0.25) is 0 Å². The lowest BCUT2D eigenvalue weighted by Crippen LogP contribution is -2.27. The average molecular weight is 188 g/mol. The molecule has 0 aromatic rings. The van der Waals surface area contributed by atoms with Crippen molar-refractivity contribution in [2.24, 2.45) is 0 Å². The van der Waals surface area contributed by atoms with Crippen LogP contribution in [0, 0.1) is 0 Å². The molecular formula is C9H20SSi. The fourth-order valence-corrected chi connectivity index (χ4v) is 7.13. The van der Waals surface area contributed by atoms with Crippen molar-refractivity contribution in [2.75, 3.05) is 5.75 Å². The third kappa shape index (κ3) is 3.47. The van der Waals surface area contributed by atoms with Crippen molar-refractivity contribution in [1.29, 1.82) is 0 Å². The van der Waals surface area contributed by atoms with Crippen LogP contribution >= 0.6 is 11.2 Å². The lowest BCUT2D eigenvalue weighted by molar-refractivity contribution is 1.22. The van der Waals surface area contributed by atoms with E-state index in [1.165, 1.54) is 18.1 Å². The van der Waals surface area contributed by atoms with Gasteiger partial charge in [-0.25, -0.2) is 0 Å². The molecule has 0 nitrogen and oxygen atoms in total. The molecular weight excluding hydrogens is 168 g/mol. The highest BCUT2D eigenvalue weighted by molar-refractivity contribution is 8.29. The minimum Gasteiger partial charge on any atom is -0.181 e. The fraction of sp³-hybridized carbons (Fsp3) is 0.778. The number of rotatable bonds is 6. The zero-order valence-electron chi connectivity index (χ0n) is 8.02. The summed E-state index contributed by atoms with van der Waals surface area (Å²) < 4.78 is 0. The van der Waals surface area contributed by atoms with E-state index in [-0.39, 0.29) is 0 Å². The third-order valence-corrected chi connectivity index (χ3v) is 12.3. The van der Waals surface area contributed by atoms with E-state index in [4.69, 9.17) is 0 Å². The summed E-state index contributed by atoms with van der Waals surface area (Å²) in [5, 5.41) is 0. The van der Waals surface area contributed by atoms with Crippen LogP contribution in [0.25, 0.3) is 0 Å². The molecule has 0 fully saturated rings. The molecule has 0 bridgehead atoms. The molecule has 11 heavy (non-hydrogen) atoms. The maximum Gasteiger partial charge on any atom is 0.117 e. The lowest BCUT2D eigenvalue weighted by atomic mass is 10.8. The zero-order chi connectivity index (χ0) is 8.74. The molecule has 0 aromatic carbocycles. The summed E-state index contributed by atoms with van der Waals surface area (Å²) in [5.74, 6) is 1.15. The minimum atomic E-state index is -0.893. The first-order valence-electron chi connectivity index (χ1n) is 4.49. The molecule has 0 saturated carbocycles. The topological polar surface area (TPSA) is 0 Å². The van der Waals surface area contributed by atoms with E-state index < -0.39 is 7.22 Å². The van der Waals surface area contributed by atoms with Gasteiger partial charge in [0.2, 0.25) is 0 Å². The Kier molecular flexibility index (Phi) is 6.06. The van der Waals surface area contributed by atoms with E-state index in [1.54, 1.807) is 0 Å². The van der Waals surface area contributed by atoms with Crippen LogP contribution in [0.4, 0.5) is 0 Å². The Morgan fingerprint density at radius 1 is 1.18 bits per heavy atom. The fourth-order valence-electron chi connectivity index (χ4n) is 1.29.